The number of hydrogen-bond donors (Lipinski definition) is 2. The Labute approximate surface area is 138 Å². The Morgan fingerprint density at radius 2 is 2.05 bits per heavy atom. The second-order valence-corrected chi connectivity index (χ2v) is 4.65. The van der Waals surface area contributed by atoms with Crippen molar-refractivity contribution in [2.24, 2.45) is 10.7 Å². The van der Waals surface area contributed by atoms with Gasteiger partial charge in [-0.05, 0) is 30.9 Å². The van der Waals surface area contributed by atoms with Crippen molar-refractivity contribution in [1.82, 2.24) is 5.32 Å². The van der Waals surface area contributed by atoms with E-state index in [0.29, 0.717) is 5.96 Å². The third-order valence-corrected chi connectivity index (χ3v) is 3.05. The predicted molar refractivity (Wildman–Crippen MR) is 94.6 cm³/mol. The van der Waals surface area contributed by atoms with Crippen LogP contribution in [0.1, 0.15) is 31.7 Å². The fraction of sp³-hybridized carbons (Fsp3) is 0.500. The molecule has 0 aliphatic carbocycles. The molecule has 3 N–H and O–H groups in total. The summed E-state index contributed by atoms with van der Waals surface area (Å²) in [5.74, 6) is 0.544. The van der Waals surface area contributed by atoms with E-state index in [0.717, 1.165) is 43.8 Å². The van der Waals surface area contributed by atoms with Crippen molar-refractivity contribution < 1.29 is 0 Å². The molecule has 0 heterocycles. The van der Waals surface area contributed by atoms with Crippen LogP contribution in [-0.4, -0.2) is 19.0 Å². The highest BCUT2D eigenvalue weighted by atomic mass is 127. The molecule has 1 aromatic rings. The molecule has 0 aromatic heterocycles. The lowest BCUT2D eigenvalue weighted by molar-refractivity contribution is 0.744. The summed E-state index contributed by atoms with van der Waals surface area (Å²) in [6, 6.07) is 7.92. The molecule has 0 bridgehead atoms. The van der Waals surface area contributed by atoms with Crippen LogP contribution in [0.3, 0.4) is 0 Å². The number of nitrogens with two attached hydrogens (primary N) is 1. The Kier molecular flexibility index (Phi) is 11.1. The van der Waals surface area contributed by atoms with Gasteiger partial charge in [-0.2, -0.15) is 0 Å². The molecule has 0 unspecified atom stereocenters. The van der Waals surface area contributed by atoms with Gasteiger partial charge in [0.2, 0.25) is 0 Å². The van der Waals surface area contributed by atoms with Gasteiger partial charge in [-0.25, -0.2) is 0 Å². The van der Waals surface area contributed by atoms with Crippen LogP contribution in [-0.2, 0) is 6.42 Å². The van der Waals surface area contributed by atoms with Gasteiger partial charge < -0.3 is 11.1 Å². The van der Waals surface area contributed by atoms with E-state index in [1.165, 1.54) is 5.56 Å². The number of guanidine groups is 1. The van der Waals surface area contributed by atoms with Crippen LogP contribution in [0, 0.1) is 0 Å². The number of unbranched alkanes of at least 4 members (excludes halogenated alkanes) is 1. The normalized spacial score (nSPS) is 10.9. The number of hydrogen-bond acceptors (Lipinski definition) is 1. The molecule has 108 valence electrons. The number of nitrogens with zero attached hydrogens (tertiary/aromatic N) is 1. The van der Waals surface area contributed by atoms with Crippen LogP contribution in [0.4, 0.5) is 0 Å². The maximum Gasteiger partial charge on any atom is 0.188 e. The maximum absolute atomic E-state index is 6.08. The highest BCUT2D eigenvalue weighted by molar-refractivity contribution is 14.0. The molecular weight excluding hydrogens is 373 g/mol. The molecule has 0 saturated heterocycles. The number of rotatable bonds is 7. The molecule has 0 radical (unpaired) electrons. The lowest BCUT2D eigenvalue weighted by Crippen LogP contribution is -2.32. The summed E-state index contributed by atoms with van der Waals surface area (Å²) in [6.07, 6.45) is 4.17. The summed E-state index contributed by atoms with van der Waals surface area (Å²) in [7, 11) is 0. The SMILES string of the molecule is CCCCNC(N)=NCCCc1ccccc1Cl.I. The van der Waals surface area contributed by atoms with Crippen molar-refractivity contribution in [3.8, 4) is 0 Å². The van der Waals surface area contributed by atoms with Crippen LogP contribution < -0.4 is 11.1 Å². The minimum atomic E-state index is 0. The van der Waals surface area contributed by atoms with Gasteiger partial charge in [0.1, 0.15) is 0 Å². The lowest BCUT2D eigenvalue weighted by Gasteiger charge is -2.05. The van der Waals surface area contributed by atoms with Crippen LogP contribution in [0.15, 0.2) is 29.3 Å². The number of aryl methyl sites for hydroxylation is 1. The van der Waals surface area contributed by atoms with E-state index < -0.39 is 0 Å². The van der Waals surface area contributed by atoms with Gasteiger partial charge in [-0.3, -0.25) is 4.99 Å². The minimum Gasteiger partial charge on any atom is -0.370 e. The van der Waals surface area contributed by atoms with E-state index >= 15 is 0 Å². The van der Waals surface area contributed by atoms with Crippen molar-refractivity contribution in [3.05, 3.63) is 34.9 Å². The minimum absolute atomic E-state index is 0. The number of nitrogens with one attached hydrogen (secondary N) is 1. The largest absolute Gasteiger partial charge is 0.370 e. The first kappa shape index (κ1) is 18.5. The summed E-state index contributed by atoms with van der Waals surface area (Å²) in [6.45, 7) is 3.78. The van der Waals surface area contributed by atoms with Crippen molar-refractivity contribution in [3.63, 3.8) is 0 Å². The monoisotopic (exact) mass is 395 g/mol. The quantitative estimate of drug-likeness (QED) is 0.321. The smallest absolute Gasteiger partial charge is 0.188 e. The molecule has 0 spiro atoms. The molecule has 1 rings (SSSR count). The van der Waals surface area contributed by atoms with Gasteiger partial charge in [0, 0.05) is 18.1 Å². The predicted octanol–water partition coefficient (Wildman–Crippen LogP) is 3.60. The molecule has 3 nitrogen and oxygen atoms in total. The van der Waals surface area contributed by atoms with E-state index in [2.05, 4.69) is 23.3 Å². The van der Waals surface area contributed by atoms with E-state index in [-0.39, 0.29) is 24.0 Å². The van der Waals surface area contributed by atoms with Crippen molar-refractivity contribution in [1.29, 1.82) is 0 Å². The van der Waals surface area contributed by atoms with Gasteiger partial charge in [0.05, 0.1) is 0 Å². The Morgan fingerprint density at radius 3 is 2.74 bits per heavy atom. The third kappa shape index (κ3) is 8.31. The van der Waals surface area contributed by atoms with Crippen molar-refractivity contribution in [2.75, 3.05) is 13.1 Å². The molecule has 0 aliphatic rings. The first-order valence-corrected chi connectivity index (χ1v) is 6.89. The molecule has 5 heteroatoms. The topological polar surface area (TPSA) is 50.4 Å². The van der Waals surface area contributed by atoms with Crippen LogP contribution in [0.5, 0.6) is 0 Å². The average molecular weight is 396 g/mol. The molecule has 19 heavy (non-hydrogen) atoms. The fourth-order valence-electron chi connectivity index (χ4n) is 1.62. The zero-order chi connectivity index (χ0) is 13.2. The molecule has 0 fully saturated rings. The zero-order valence-corrected chi connectivity index (χ0v) is 14.4. The van der Waals surface area contributed by atoms with E-state index in [4.69, 9.17) is 17.3 Å². The molecule has 0 atom stereocenters. The van der Waals surface area contributed by atoms with Crippen LogP contribution in [0.25, 0.3) is 0 Å². The van der Waals surface area contributed by atoms with Gasteiger partial charge in [-0.1, -0.05) is 43.1 Å². The number of halogens is 2. The Bertz CT molecular complexity index is 383. The summed E-state index contributed by atoms with van der Waals surface area (Å²) < 4.78 is 0. The first-order valence-electron chi connectivity index (χ1n) is 6.51. The van der Waals surface area contributed by atoms with Gasteiger partial charge in [-0.15, -0.1) is 24.0 Å². The molecule has 1 aromatic carbocycles. The number of aliphatic imine (C=N–C) groups is 1. The van der Waals surface area contributed by atoms with E-state index in [1.807, 2.05) is 18.2 Å². The molecular formula is C14H23ClIN3. The highest BCUT2D eigenvalue weighted by Crippen LogP contribution is 2.16. The second-order valence-electron chi connectivity index (χ2n) is 4.24. The zero-order valence-electron chi connectivity index (χ0n) is 11.4. The summed E-state index contributed by atoms with van der Waals surface area (Å²) >= 11 is 6.08. The Balaban J connectivity index is 0.00000324. The van der Waals surface area contributed by atoms with Gasteiger partial charge >= 0.3 is 0 Å². The fourth-order valence-corrected chi connectivity index (χ4v) is 1.85. The van der Waals surface area contributed by atoms with Crippen molar-refractivity contribution >= 4 is 41.5 Å². The molecule has 0 aliphatic heterocycles. The summed E-state index contributed by atoms with van der Waals surface area (Å²) in [5, 5.41) is 3.92. The number of benzene rings is 1. The summed E-state index contributed by atoms with van der Waals surface area (Å²) in [4.78, 5) is 4.28. The maximum atomic E-state index is 6.08. The highest BCUT2D eigenvalue weighted by Gasteiger charge is 1.98. The first-order chi connectivity index (χ1) is 8.74. The van der Waals surface area contributed by atoms with Crippen LogP contribution >= 0.6 is 35.6 Å². The standard InChI is InChI=1S/C14H22ClN3.HI/c1-2-3-10-17-14(16)18-11-6-8-12-7-4-5-9-13(12)15;/h4-5,7,9H,2-3,6,8,10-11H2,1H3,(H3,16,17,18);1H. The van der Waals surface area contributed by atoms with Gasteiger partial charge in [0.25, 0.3) is 0 Å². The van der Waals surface area contributed by atoms with Crippen molar-refractivity contribution in [2.45, 2.75) is 32.6 Å². The lowest BCUT2D eigenvalue weighted by atomic mass is 10.1. The van der Waals surface area contributed by atoms with Gasteiger partial charge in [0.15, 0.2) is 5.96 Å². The summed E-state index contributed by atoms with van der Waals surface area (Å²) in [5.41, 5.74) is 6.91. The van der Waals surface area contributed by atoms with Crippen LogP contribution in [0.2, 0.25) is 5.02 Å². The van der Waals surface area contributed by atoms with E-state index in [9.17, 15) is 0 Å². The Hall–Kier alpha value is -0.490. The molecule has 0 saturated carbocycles. The van der Waals surface area contributed by atoms with E-state index in [1.54, 1.807) is 0 Å². The third-order valence-electron chi connectivity index (χ3n) is 2.68. The molecule has 0 amide bonds. The second kappa shape index (κ2) is 11.3. The Morgan fingerprint density at radius 1 is 1.32 bits per heavy atom. The average Bonchev–Trinajstić information content (AvgIpc) is 2.37.